The number of benzene rings is 4. The molecule has 0 aliphatic carbocycles. The average Bonchev–Trinajstić information content (AvgIpc) is 2.82. The van der Waals surface area contributed by atoms with Crippen molar-refractivity contribution >= 4 is 11.4 Å². The molecule has 0 amide bonds. The van der Waals surface area contributed by atoms with Gasteiger partial charge in [0.2, 0.25) is 0 Å². The fraction of sp³-hybridized carbons (Fsp3) is 0.0400. The Morgan fingerprint density at radius 2 is 1.09 bits per heavy atom. The van der Waals surface area contributed by atoms with E-state index in [4.69, 9.17) is 9.47 Å². The first kappa shape index (κ1) is 21.5. The molecule has 0 radical (unpaired) electrons. The minimum absolute atomic E-state index is 0.0390. The predicted octanol–water partition coefficient (Wildman–Crippen LogP) is 6.68. The van der Waals surface area contributed by atoms with Crippen LogP contribution in [0, 0.1) is 20.2 Å². The summed E-state index contributed by atoms with van der Waals surface area (Å²) >= 11 is 0. The Bertz CT molecular complexity index is 1270. The Morgan fingerprint density at radius 3 is 1.61 bits per heavy atom. The molecule has 0 atom stereocenters. The molecule has 164 valence electrons. The van der Waals surface area contributed by atoms with Gasteiger partial charge in [0.1, 0.15) is 11.5 Å². The van der Waals surface area contributed by atoms with E-state index < -0.39 is 9.85 Å². The van der Waals surface area contributed by atoms with Crippen LogP contribution in [0.5, 0.6) is 23.0 Å². The molecular formula is C25H18N2O6. The maximum Gasteiger partial charge on any atom is 0.269 e. The van der Waals surface area contributed by atoms with E-state index in [1.165, 1.54) is 48.5 Å². The second kappa shape index (κ2) is 9.61. The van der Waals surface area contributed by atoms with Gasteiger partial charge in [0, 0.05) is 24.3 Å². The number of nitrogens with zero attached hydrogens (tertiary/aromatic N) is 2. The summed E-state index contributed by atoms with van der Waals surface area (Å²) in [6, 6.07) is 26.9. The molecule has 0 N–H and O–H groups in total. The third kappa shape index (κ3) is 5.50. The van der Waals surface area contributed by atoms with Gasteiger partial charge in [0.25, 0.3) is 11.4 Å². The van der Waals surface area contributed by atoms with Crippen molar-refractivity contribution in [2.24, 2.45) is 0 Å². The van der Waals surface area contributed by atoms with Gasteiger partial charge < -0.3 is 9.47 Å². The van der Waals surface area contributed by atoms with E-state index in [-0.39, 0.29) is 11.4 Å². The van der Waals surface area contributed by atoms with Crippen LogP contribution in [0.3, 0.4) is 0 Å². The van der Waals surface area contributed by atoms with E-state index in [0.717, 1.165) is 11.1 Å². The summed E-state index contributed by atoms with van der Waals surface area (Å²) < 4.78 is 11.9. The zero-order valence-electron chi connectivity index (χ0n) is 17.3. The first-order chi connectivity index (χ1) is 16.0. The van der Waals surface area contributed by atoms with Crippen LogP contribution in [0.2, 0.25) is 0 Å². The van der Waals surface area contributed by atoms with Crippen LogP contribution in [0.1, 0.15) is 11.1 Å². The van der Waals surface area contributed by atoms with Crippen LogP contribution < -0.4 is 9.47 Å². The lowest BCUT2D eigenvalue weighted by molar-refractivity contribution is -0.385. The van der Waals surface area contributed by atoms with Gasteiger partial charge in [0.05, 0.1) is 9.85 Å². The van der Waals surface area contributed by atoms with E-state index >= 15 is 0 Å². The molecule has 33 heavy (non-hydrogen) atoms. The molecule has 8 heteroatoms. The van der Waals surface area contributed by atoms with Gasteiger partial charge in [-0.25, -0.2) is 0 Å². The summed E-state index contributed by atoms with van der Waals surface area (Å²) in [5.74, 6) is 1.63. The van der Waals surface area contributed by atoms with Crippen molar-refractivity contribution in [1.29, 1.82) is 0 Å². The number of nitro groups is 2. The Hall–Kier alpha value is -4.72. The minimum atomic E-state index is -0.481. The third-order valence-electron chi connectivity index (χ3n) is 4.81. The van der Waals surface area contributed by atoms with Gasteiger partial charge >= 0.3 is 0 Å². The van der Waals surface area contributed by atoms with Gasteiger partial charge in [-0.15, -0.1) is 0 Å². The molecular weight excluding hydrogens is 424 g/mol. The van der Waals surface area contributed by atoms with Crippen molar-refractivity contribution in [3.8, 4) is 23.0 Å². The van der Waals surface area contributed by atoms with Crippen LogP contribution in [-0.4, -0.2) is 9.85 Å². The number of rotatable bonds is 8. The topological polar surface area (TPSA) is 105 Å². The Morgan fingerprint density at radius 1 is 0.576 bits per heavy atom. The molecule has 4 aromatic carbocycles. The Balaban J connectivity index is 1.63. The molecule has 0 bridgehead atoms. The lowest BCUT2D eigenvalue weighted by atomic mass is 10.0. The van der Waals surface area contributed by atoms with E-state index in [1.54, 1.807) is 6.07 Å². The van der Waals surface area contributed by atoms with Crippen LogP contribution >= 0.6 is 0 Å². The lowest BCUT2D eigenvalue weighted by Gasteiger charge is -2.14. The van der Waals surface area contributed by atoms with Gasteiger partial charge in [-0.1, -0.05) is 36.4 Å². The monoisotopic (exact) mass is 442 g/mol. The van der Waals surface area contributed by atoms with Crippen molar-refractivity contribution in [3.63, 3.8) is 0 Å². The summed E-state index contributed by atoms with van der Waals surface area (Å²) in [5.41, 5.74) is 2.03. The largest absolute Gasteiger partial charge is 0.453 e. The fourth-order valence-corrected chi connectivity index (χ4v) is 3.18. The molecule has 4 aromatic rings. The number of non-ortho nitro benzene ring substituents is 2. The van der Waals surface area contributed by atoms with Crippen molar-refractivity contribution in [1.82, 2.24) is 0 Å². The highest BCUT2D eigenvalue weighted by Gasteiger charge is 2.13. The van der Waals surface area contributed by atoms with E-state index in [0.29, 0.717) is 29.4 Å². The quantitative estimate of drug-likeness (QED) is 0.223. The maximum atomic E-state index is 10.9. The molecule has 0 heterocycles. The van der Waals surface area contributed by atoms with Crippen molar-refractivity contribution in [2.75, 3.05) is 0 Å². The summed E-state index contributed by atoms with van der Waals surface area (Å²) in [4.78, 5) is 20.8. The Kier molecular flexibility index (Phi) is 6.26. The molecule has 0 saturated carbocycles. The van der Waals surface area contributed by atoms with E-state index in [9.17, 15) is 20.2 Å². The normalized spacial score (nSPS) is 10.4. The number of ether oxygens (including phenoxy) is 2. The number of nitro benzene ring substituents is 2. The van der Waals surface area contributed by atoms with Gasteiger partial charge in [-0.2, -0.15) is 0 Å². The molecule has 0 spiro atoms. The smallest absolute Gasteiger partial charge is 0.269 e. The van der Waals surface area contributed by atoms with Crippen LogP contribution in [0.15, 0.2) is 97.1 Å². The summed E-state index contributed by atoms with van der Waals surface area (Å²) in [7, 11) is 0. The van der Waals surface area contributed by atoms with Gasteiger partial charge in [-0.3, -0.25) is 20.2 Å². The van der Waals surface area contributed by atoms with Crippen molar-refractivity contribution in [2.45, 2.75) is 6.42 Å². The summed E-state index contributed by atoms with van der Waals surface area (Å²) in [5, 5.41) is 21.8. The molecule has 0 unspecified atom stereocenters. The zero-order chi connectivity index (χ0) is 23.2. The van der Waals surface area contributed by atoms with Crippen molar-refractivity contribution in [3.05, 3.63) is 128 Å². The minimum Gasteiger partial charge on any atom is -0.453 e. The molecule has 4 rings (SSSR count). The van der Waals surface area contributed by atoms with Crippen LogP contribution in [0.4, 0.5) is 11.4 Å². The molecule has 0 aliphatic rings. The molecule has 0 aliphatic heterocycles. The highest BCUT2D eigenvalue weighted by molar-refractivity contribution is 5.50. The SMILES string of the molecule is O=[N+]([O-])c1ccc(Oc2ccc(Cc3ccccc3)cc2Oc2ccc([N+](=O)[O-])cc2)cc1. The molecule has 0 saturated heterocycles. The summed E-state index contributed by atoms with van der Waals surface area (Å²) in [6.45, 7) is 0. The maximum absolute atomic E-state index is 10.9. The molecule has 0 fully saturated rings. The number of hydrogen-bond donors (Lipinski definition) is 0. The third-order valence-corrected chi connectivity index (χ3v) is 4.81. The van der Waals surface area contributed by atoms with Crippen LogP contribution in [0.25, 0.3) is 0 Å². The fourth-order valence-electron chi connectivity index (χ4n) is 3.18. The zero-order valence-corrected chi connectivity index (χ0v) is 17.3. The standard InChI is InChI=1S/C25H18N2O6/c28-26(29)20-7-11-22(12-8-20)32-24-15-6-19(16-18-4-2-1-3-5-18)17-25(24)33-23-13-9-21(10-14-23)27(30)31/h1-15,17H,16H2. The van der Waals surface area contributed by atoms with Crippen LogP contribution in [-0.2, 0) is 6.42 Å². The molecule has 8 nitrogen and oxygen atoms in total. The first-order valence-electron chi connectivity index (χ1n) is 9.99. The Labute approximate surface area is 189 Å². The van der Waals surface area contributed by atoms with Crippen molar-refractivity contribution < 1.29 is 19.3 Å². The second-order valence-corrected chi connectivity index (χ2v) is 7.15. The lowest BCUT2D eigenvalue weighted by Crippen LogP contribution is -1.95. The predicted molar refractivity (Wildman–Crippen MR) is 122 cm³/mol. The van der Waals surface area contributed by atoms with Gasteiger partial charge in [-0.05, 0) is 53.9 Å². The van der Waals surface area contributed by atoms with E-state index in [2.05, 4.69) is 0 Å². The van der Waals surface area contributed by atoms with E-state index in [1.807, 2.05) is 42.5 Å². The highest BCUT2D eigenvalue weighted by atomic mass is 16.6. The number of hydrogen-bond acceptors (Lipinski definition) is 6. The van der Waals surface area contributed by atoms with Gasteiger partial charge in [0.15, 0.2) is 11.5 Å². The highest BCUT2D eigenvalue weighted by Crippen LogP contribution is 2.37. The average molecular weight is 442 g/mol. The second-order valence-electron chi connectivity index (χ2n) is 7.15. The first-order valence-corrected chi connectivity index (χ1v) is 9.99. The summed E-state index contributed by atoms with van der Waals surface area (Å²) in [6.07, 6.45) is 0.676. The molecule has 0 aromatic heterocycles.